The predicted molar refractivity (Wildman–Crippen MR) is 92.4 cm³/mol. The largest absolute Gasteiger partial charge is 0.417 e. The monoisotopic (exact) mass is 433 g/mol. The van der Waals surface area contributed by atoms with Gasteiger partial charge in [0.1, 0.15) is 0 Å². The van der Waals surface area contributed by atoms with Crippen molar-refractivity contribution >= 4 is 28.1 Å². The quantitative estimate of drug-likeness (QED) is 0.503. The van der Waals surface area contributed by atoms with Crippen LogP contribution in [0.4, 0.5) is 18.9 Å². The number of rotatable bonds is 7. The zero-order valence-electron chi connectivity index (χ0n) is 14.2. The lowest BCUT2D eigenvalue weighted by Crippen LogP contribution is -2.53. The fourth-order valence-corrected chi connectivity index (χ4v) is 4.20. The van der Waals surface area contributed by atoms with E-state index >= 15 is 0 Å². The van der Waals surface area contributed by atoms with Crippen molar-refractivity contribution in [1.29, 1.82) is 0 Å². The van der Waals surface area contributed by atoms with E-state index in [2.05, 4.69) is 10.0 Å². The van der Waals surface area contributed by atoms with Gasteiger partial charge < -0.3 is 10.1 Å². The van der Waals surface area contributed by atoms with Crippen molar-refractivity contribution in [2.45, 2.75) is 29.5 Å². The smallest absolute Gasteiger partial charge is 0.383 e. The van der Waals surface area contributed by atoms with E-state index in [-0.39, 0.29) is 31.6 Å². The van der Waals surface area contributed by atoms with Crippen molar-refractivity contribution in [3.63, 3.8) is 0 Å². The molecule has 0 saturated carbocycles. The second-order valence-corrected chi connectivity index (χ2v) is 7.74. The summed E-state index contributed by atoms with van der Waals surface area (Å²) in [6.07, 6.45) is -3.70. The third-order valence-corrected chi connectivity index (χ3v) is 5.58. The minimum absolute atomic E-state index is 0. The number of alkyl halides is 3. The van der Waals surface area contributed by atoms with E-state index in [1.54, 1.807) is 0 Å². The number of nitro groups is 1. The van der Waals surface area contributed by atoms with Crippen LogP contribution in [0.15, 0.2) is 23.1 Å². The number of ether oxygens (including phenoxy) is 1. The highest BCUT2D eigenvalue weighted by Gasteiger charge is 2.40. The summed E-state index contributed by atoms with van der Waals surface area (Å²) < 4.78 is 71.7. The summed E-state index contributed by atoms with van der Waals surface area (Å²) in [6, 6.07) is 1.53. The Balaban J connectivity index is 0.00000364. The van der Waals surface area contributed by atoms with Crippen LogP contribution in [0.3, 0.4) is 0 Å². The van der Waals surface area contributed by atoms with Gasteiger partial charge in [-0.3, -0.25) is 10.1 Å². The minimum atomic E-state index is -5.06. The second-order valence-electron chi connectivity index (χ2n) is 6.00. The third kappa shape index (κ3) is 5.51. The Morgan fingerprint density at radius 3 is 2.56 bits per heavy atom. The predicted octanol–water partition coefficient (Wildman–Crippen LogP) is 2.08. The van der Waals surface area contributed by atoms with E-state index in [1.807, 2.05) is 0 Å². The van der Waals surface area contributed by atoms with Crippen LogP contribution < -0.4 is 10.0 Å². The number of hydrogen-bond donors (Lipinski definition) is 2. The zero-order valence-corrected chi connectivity index (χ0v) is 15.8. The molecule has 1 aromatic carbocycles. The van der Waals surface area contributed by atoms with Gasteiger partial charge >= 0.3 is 6.18 Å². The molecule has 2 rings (SSSR count). The Hall–Kier alpha value is -1.47. The van der Waals surface area contributed by atoms with Crippen LogP contribution in [0.25, 0.3) is 0 Å². The molecule has 2 N–H and O–H groups in total. The van der Waals surface area contributed by atoms with Gasteiger partial charge in [-0.25, -0.2) is 13.1 Å². The van der Waals surface area contributed by atoms with Crippen molar-refractivity contribution in [2.75, 3.05) is 26.8 Å². The first-order valence-electron chi connectivity index (χ1n) is 7.60. The SMILES string of the molecule is COCC1(CNS(=O)(=O)c2ccc([N+](=O)[O-])cc2C(F)(F)F)CCCN1.Cl. The number of benzene rings is 1. The molecule has 13 heteroatoms. The molecule has 0 aliphatic carbocycles. The summed E-state index contributed by atoms with van der Waals surface area (Å²) in [5.41, 5.74) is -3.13. The summed E-state index contributed by atoms with van der Waals surface area (Å²) >= 11 is 0. The molecule has 1 aliphatic rings. The highest BCUT2D eigenvalue weighted by atomic mass is 35.5. The maximum atomic E-state index is 13.2. The van der Waals surface area contributed by atoms with Gasteiger partial charge in [-0.05, 0) is 25.5 Å². The summed E-state index contributed by atoms with van der Waals surface area (Å²) in [7, 11) is -3.11. The Morgan fingerprint density at radius 1 is 1.41 bits per heavy atom. The Labute approximate surface area is 160 Å². The lowest BCUT2D eigenvalue weighted by Gasteiger charge is -2.29. The Bertz CT molecular complexity index is 783. The number of hydrogen-bond acceptors (Lipinski definition) is 6. The van der Waals surface area contributed by atoms with Crippen molar-refractivity contribution in [1.82, 2.24) is 10.0 Å². The molecule has 1 unspecified atom stereocenters. The molecule has 0 bridgehead atoms. The summed E-state index contributed by atoms with van der Waals surface area (Å²) in [5, 5.41) is 13.8. The number of nitro benzene ring substituents is 1. The van der Waals surface area contributed by atoms with E-state index in [4.69, 9.17) is 4.74 Å². The van der Waals surface area contributed by atoms with Crippen LogP contribution in [0.5, 0.6) is 0 Å². The maximum absolute atomic E-state index is 13.2. The first kappa shape index (κ1) is 23.6. The molecule has 1 heterocycles. The van der Waals surface area contributed by atoms with Crippen molar-refractivity contribution in [3.05, 3.63) is 33.9 Å². The van der Waals surface area contributed by atoms with Crippen molar-refractivity contribution in [2.24, 2.45) is 0 Å². The minimum Gasteiger partial charge on any atom is -0.383 e. The number of halogens is 4. The van der Waals surface area contributed by atoms with Crippen LogP contribution in [-0.4, -0.2) is 45.7 Å². The molecule has 8 nitrogen and oxygen atoms in total. The standard InChI is InChI=1S/C14H18F3N3O5S.ClH/c1-25-9-13(5-2-6-18-13)8-19-26(23,24)12-4-3-10(20(21)22)7-11(12)14(15,16)17;/h3-4,7,18-19H,2,5-6,8-9H2,1H3;1H. The van der Waals surface area contributed by atoms with Gasteiger partial charge in [-0.2, -0.15) is 13.2 Å². The van der Waals surface area contributed by atoms with E-state index < -0.39 is 42.8 Å². The molecule has 1 aliphatic heterocycles. The molecule has 154 valence electrons. The normalized spacial score (nSPS) is 20.3. The van der Waals surface area contributed by atoms with Gasteiger partial charge in [-0.15, -0.1) is 12.4 Å². The first-order chi connectivity index (χ1) is 12.0. The maximum Gasteiger partial charge on any atom is 0.417 e. The number of nitrogens with one attached hydrogen (secondary N) is 2. The molecule has 0 aromatic heterocycles. The number of sulfonamides is 1. The molecule has 0 spiro atoms. The highest BCUT2D eigenvalue weighted by molar-refractivity contribution is 7.89. The van der Waals surface area contributed by atoms with E-state index in [0.717, 1.165) is 12.5 Å². The molecule has 0 amide bonds. The summed E-state index contributed by atoms with van der Waals surface area (Å²) in [4.78, 5) is 8.63. The molecule has 1 aromatic rings. The fourth-order valence-electron chi connectivity index (χ4n) is 2.87. The fraction of sp³-hybridized carbons (Fsp3) is 0.571. The van der Waals surface area contributed by atoms with Gasteiger partial charge in [0.2, 0.25) is 10.0 Å². The topological polar surface area (TPSA) is 111 Å². The van der Waals surface area contributed by atoms with Crippen LogP contribution in [0.1, 0.15) is 18.4 Å². The third-order valence-electron chi connectivity index (χ3n) is 4.12. The van der Waals surface area contributed by atoms with Gasteiger partial charge in [0.25, 0.3) is 5.69 Å². The van der Waals surface area contributed by atoms with Gasteiger partial charge in [0.15, 0.2) is 0 Å². The average molecular weight is 434 g/mol. The Kier molecular flexibility index (Phi) is 7.59. The first-order valence-corrected chi connectivity index (χ1v) is 9.08. The van der Waals surface area contributed by atoms with Crippen LogP contribution >= 0.6 is 12.4 Å². The van der Waals surface area contributed by atoms with E-state index in [9.17, 15) is 31.7 Å². The van der Waals surface area contributed by atoms with Crippen LogP contribution in [-0.2, 0) is 20.9 Å². The van der Waals surface area contributed by atoms with Gasteiger partial charge in [-0.1, -0.05) is 0 Å². The van der Waals surface area contributed by atoms with Crippen LogP contribution in [0.2, 0.25) is 0 Å². The number of nitrogens with zero attached hydrogens (tertiary/aromatic N) is 1. The lowest BCUT2D eigenvalue weighted by atomic mass is 9.99. The molecule has 1 atom stereocenters. The average Bonchev–Trinajstić information content (AvgIpc) is 3.01. The molecule has 1 saturated heterocycles. The summed E-state index contributed by atoms with van der Waals surface area (Å²) in [5.74, 6) is 0. The summed E-state index contributed by atoms with van der Waals surface area (Å²) in [6.45, 7) is 0.649. The second kappa shape index (κ2) is 8.69. The zero-order chi connectivity index (χ0) is 19.6. The van der Waals surface area contributed by atoms with E-state index in [0.29, 0.717) is 19.0 Å². The number of non-ortho nitro benzene ring substituents is 1. The van der Waals surface area contributed by atoms with Gasteiger partial charge in [0, 0.05) is 25.8 Å². The van der Waals surface area contributed by atoms with Crippen LogP contribution in [0, 0.1) is 10.1 Å². The van der Waals surface area contributed by atoms with Crippen molar-refractivity contribution in [3.8, 4) is 0 Å². The number of methoxy groups -OCH3 is 1. The molecular formula is C14H19ClF3N3O5S. The Morgan fingerprint density at radius 2 is 2.07 bits per heavy atom. The lowest BCUT2D eigenvalue weighted by molar-refractivity contribution is -0.385. The molecule has 0 radical (unpaired) electrons. The van der Waals surface area contributed by atoms with Gasteiger partial charge in [0.05, 0.1) is 27.5 Å². The highest BCUT2D eigenvalue weighted by Crippen LogP contribution is 2.36. The molecule has 27 heavy (non-hydrogen) atoms. The van der Waals surface area contributed by atoms with Crippen molar-refractivity contribution < 1.29 is 31.2 Å². The van der Waals surface area contributed by atoms with E-state index in [1.165, 1.54) is 7.11 Å². The molecule has 1 fully saturated rings. The molecular weight excluding hydrogens is 415 g/mol.